The average Bonchev–Trinajstić information content (AvgIpc) is 3.42. The maximum Gasteiger partial charge on any atom is 0.472 e. The number of aliphatic hydroxyl groups excluding tert-OH is 1. The third kappa shape index (κ3) is 11.3. The molecule has 15 heteroatoms. The lowest BCUT2D eigenvalue weighted by atomic mass is 9.91. The number of fused-ring (bicyclic) bond motifs is 2. The molecule has 55 heavy (non-hydrogen) atoms. The van der Waals surface area contributed by atoms with Crippen molar-refractivity contribution < 1.29 is 42.9 Å². The van der Waals surface area contributed by atoms with Crippen LogP contribution in [0.15, 0.2) is 42.7 Å². The SMILES string of the molecule is CCCCCCCCCCCCCCCCCOC[C@H](COP(=O)(O)OC1[C@H]2O[C@@](C)(c3ccc4c(N)ncnn34)[C@H](O)[C@@]12O)OCc1ccc(C#N)cc1. The number of aromatic nitrogens is 3. The number of nitrogens with zero attached hydrogens (tertiary/aromatic N) is 4. The predicted molar refractivity (Wildman–Crippen MR) is 207 cm³/mol. The Hall–Kier alpha value is -2.96. The zero-order chi connectivity index (χ0) is 39.3. The summed E-state index contributed by atoms with van der Waals surface area (Å²) in [5.74, 6) is 0.232. The van der Waals surface area contributed by atoms with Crippen molar-refractivity contribution in [1.29, 1.82) is 5.26 Å². The fourth-order valence-corrected chi connectivity index (χ4v) is 8.39. The Balaban J connectivity index is 1.03. The van der Waals surface area contributed by atoms with Gasteiger partial charge in [0.25, 0.3) is 0 Å². The van der Waals surface area contributed by atoms with Crippen molar-refractivity contribution in [2.75, 3.05) is 25.6 Å². The summed E-state index contributed by atoms with van der Waals surface area (Å²) in [4.78, 5) is 14.6. The summed E-state index contributed by atoms with van der Waals surface area (Å²) in [6, 6.07) is 12.3. The van der Waals surface area contributed by atoms with Crippen molar-refractivity contribution in [2.45, 2.75) is 152 Å². The van der Waals surface area contributed by atoms with E-state index in [2.05, 4.69) is 23.1 Å². The second-order valence-corrected chi connectivity index (χ2v) is 16.6. The maximum atomic E-state index is 13.1. The minimum Gasteiger partial charge on any atom is -0.386 e. The van der Waals surface area contributed by atoms with Crippen LogP contribution in [-0.2, 0) is 40.0 Å². The predicted octanol–water partition coefficient (Wildman–Crippen LogP) is 6.88. The minimum atomic E-state index is -4.76. The van der Waals surface area contributed by atoms with Gasteiger partial charge in [-0.25, -0.2) is 14.1 Å². The van der Waals surface area contributed by atoms with E-state index < -0.39 is 43.4 Å². The molecule has 0 spiro atoms. The Bertz CT molecular complexity index is 1720. The van der Waals surface area contributed by atoms with Crippen LogP contribution in [0.2, 0.25) is 0 Å². The molecule has 0 radical (unpaired) electrons. The summed E-state index contributed by atoms with van der Waals surface area (Å²) < 4.78 is 43.3. The number of benzene rings is 1. The number of nitriles is 1. The van der Waals surface area contributed by atoms with Gasteiger partial charge in [-0.3, -0.25) is 9.05 Å². The molecule has 0 bridgehead atoms. The molecule has 0 amide bonds. The smallest absolute Gasteiger partial charge is 0.386 e. The zero-order valence-corrected chi connectivity index (χ0v) is 33.3. The van der Waals surface area contributed by atoms with Crippen LogP contribution in [0.3, 0.4) is 0 Å². The maximum absolute atomic E-state index is 13.1. The molecule has 1 saturated carbocycles. The van der Waals surface area contributed by atoms with Crippen LogP contribution in [0.4, 0.5) is 5.82 Å². The highest BCUT2D eigenvalue weighted by Crippen LogP contribution is 2.63. The van der Waals surface area contributed by atoms with E-state index >= 15 is 0 Å². The second-order valence-electron chi connectivity index (χ2n) is 15.2. The summed E-state index contributed by atoms with van der Waals surface area (Å²) >= 11 is 0. The Morgan fingerprint density at radius 3 is 2.16 bits per heavy atom. The van der Waals surface area contributed by atoms with Gasteiger partial charge < -0.3 is 35.1 Å². The average molecular weight is 786 g/mol. The highest BCUT2D eigenvalue weighted by atomic mass is 31.2. The monoisotopic (exact) mass is 785 g/mol. The van der Waals surface area contributed by atoms with Crippen LogP contribution in [0.5, 0.6) is 0 Å². The van der Waals surface area contributed by atoms with Gasteiger partial charge >= 0.3 is 7.82 Å². The Morgan fingerprint density at radius 2 is 1.58 bits per heavy atom. The first-order chi connectivity index (χ1) is 26.5. The number of phosphoric acid groups is 1. The standard InChI is InChI=1S/C40H60N5O9P/c1-3-4-5-6-7-8-9-10-11-12-13-14-15-16-17-24-50-27-32(51-26-31-20-18-30(25-41)19-21-31)28-52-55(48,49)54-36-35-40(36,47)38(46)39(2,53-35)34-23-22-33-37(42)43-29-44-45(33)34/h18-23,29,32,35-36,38,46-47H,3-17,24,26-28H2,1-2H3,(H,48,49)(H2,42,43,44)/t32-,35-,36?,38+,39+,40+/m1/s1. The van der Waals surface area contributed by atoms with Gasteiger partial charge in [0.1, 0.15) is 41.9 Å². The van der Waals surface area contributed by atoms with E-state index in [1.165, 1.54) is 87.9 Å². The molecule has 7 atom stereocenters. The van der Waals surface area contributed by atoms with Crippen LogP contribution in [-0.4, -0.2) is 79.5 Å². The number of hydrogen-bond donors (Lipinski definition) is 4. The normalized spacial score (nSPS) is 24.8. The van der Waals surface area contributed by atoms with Gasteiger partial charge in [0, 0.05) is 6.61 Å². The molecular weight excluding hydrogens is 725 g/mol. The van der Waals surface area contributed by atoms with Gasteiger partial charge in [0.15, 0.2) is 11.4 Å². The van der Waals surface area contributed by atoms with Crippen molar-refractivity contribution >= 4 is 19.2 Å². The van der Waals surface area contributed by atoms with E-state index in [-0.39, 0.29) is 25.6 Å². The highest BCUT2D eigenvalue weighted by Gasteiger charge is 2.82. The summed E-state index contributed by atoms with van der Waals surface area (Å²) in [6.07, 6.45) is 15.7. The minimum absolute atomic E-state index is 0.115. The van der Waals surface area contributed by atoms with E-state index in [0.29, 0.717) is 23.4 Å². The molecule has 14 nitrogen and oxygen atoms in total. The molecule has 1 aliphatic heterocycles. The number of rotatable bonds is 27. The van der Waals surface area contributed by atoms with Crippen LogP contribution in [0.1, 0.15) is 127 Å². The molecule has 1 saturated heterocycles. The highest BCUT2D eigenvalue weighted by molar-refractivity contribution is 7.47. The van der Waals surface area contributed by atoms with Crippen molar-refractivity contribution in [2.24, 2.45) is 0 Å². The van der Waals surface area contributed by atoms with E-state index in [1.807, 2.05) is 0 Å². The topological polar surface area (TPSA) is 204 Å². The summed E-state index contributed by atoms with van der Waals surface area (Å²) in [5, 5.41) is 35.9. The van der Waals surface area contributed by atoms with Gasteiger partial charge in [-0.2, -0.15) is 10.4 Å². The number of phosphoric ester groups is 1. The van der Waals surface area contributed by atoms with Gasteiger partial charge in [-0.05, 0) is 43.2 Å². The van der Waals surface area contributed by atoms with Crippen molar-refractivity contribution in [1.82, 2.24) is 14.6 Å². The fourth-order valence-electron chi connectivity index (χ4n) is 7.41. The zero-order valence-electron chi connectivity index (χ0n) is 32.4. The Labute approximate surface area is 324 Å². The summed E-state index contributed by atoms with van der Waals surface area (Å²) in [5.41, 5.74) is 4.80. The van der Waals surface area contributed by atoms with E-state index in [1.54, 1.807) is 43.3 Å². The first-order valence-electron chi connectivity index (χ1n) is 20.0. The van der Waals surface area contributed by atoms with Gasteiger partial charge in [0.2, 0.25) is 0 Å². The molecular formula is C40H60N5O9P. The quantitative estimate of drug-likeness (QED) is 0.0460. The number of unbranched alkanes of at least 4 members (excludes halogenated alkanes) is 14. The van der Waals surface area contributed by atoms with E-state index in [9.17, 15) is 19.7 Å². The van der Waals surface area contributed by atoms with Gasteiger partial charge in [0.05, 0.1) is 37.1 Å². The Kier molecular flexibility index (Phi) is 16.1. The Morgan fingerprint density at radius 1 is 0.964 bits per heavy atom. The fraction of sp³-hybridized carbons (Fsp3) is 0.675. The molecule has 5 rings (SSSR count). The van der Waals surface area contributed by atoms with Crippen LogP contribution >= 0.6 is 7.82 Å². The molecule has 304 valence electrons. The van der Waals surface area contributed by atoms with Gasteiger partial charge in [-0.15, -0.1) is 0 Å². The number of aliphatic hydroxyl groups is 2. The third-order valence-corrected chi connectivity index (χ3v) is 11.8. The lowest BCUT2D eigenvalue weighted by Gasteiger charge is -2.32. The summed E-state index contributed by atoms with van der Waals surface area (Å²) in [6.45, 7) is 4.30. The number of ether oxygens (including phenoxy) is 3. The molecule has 3 heterocycles. The van der Waals surface area contributed by atoms with Crippen LogP contribution < -0.4 is 5.73 Å². The molecule has 2 aromatic heterocycles. The first-order valence-corrected chi connectivity index (χ1v) is 21.5. The van der Waals surface area contributed by atoms with Crippen LogP contribution in [0, 0.1) is 11.3 Å². The largest absolute Gasteiger partial charge is 0.472 e. The van der Waals surface area contributed by atoms with Gasteiger partial charge in [-0.1, -0.05) is 109 Å². The van der Waals surface area contributed by atoms with E-state index in [4.69, 9.17) is 34.3 Å². The van der Waals surface area contributed by atoms with Crippen molar-refractivity contribution in [3.8, 4) is 6.07 Å². The second kappa shape index (κ2) is 20.5. The third-order valence-electron chi connectivity index (χ3n) is 10.8. The molecule has 5 N–H and O–H groups in total. The number of hydrogen-bond acceptors (Lipinski definition) is 12. The van der Waals surface area contributed by atoms with E-state index in [0.717, 1.165) is 24.8 Å². The molecule has 1 aliphatic carbocycles. The van der Waals surface area contributed by atoms with Crippen molar-refractivity contribution in [3.63, 3.8) is 0 Å². The molecule has 2 fully saturated rings. The number of nitrogens with two attached hydrogens (primary N) is 1. The lowest BCUT2D eigenvalue weighted by molar-refractivity contribution is -0.127. The number of nitrogen functional groups attached to an aromatic ring is 1. The molecule has 1 aromatic carbocycles. The lowest BCUT2D eigenvalue weighted by Crippen LogP contribution is -2.46. The van der Waals surface area contributed by atoms with Crippen molar-refractivity contribution in [3.05, 3.63) is 59.5 Å². The molecule has 2 unspecified atom stereocenters. The molecule has 2 aliphatic rings. The molecule has 3 aromatic rings. The first kappa shape index (κ1) is 43.2. The number of anilines is 1. The summed E-state index contributed by atoms with van der Waals surface area (Å²) in [7, 11) is -4.76. The van der Waals surface area contributed by atoms with Crippen LogP contribution in [0.25, 0.3) is 5.52 Å².